The molecule has 1 aromatic heterocycles. The van der Waals surface area contributed by atoms with Crippen LogP contribution in [0.25, 0.3) is 10.9 Å². The van der Waals surface area contributed by atoms with Crippen molar-refractivity contribution >= 4 is 16.8 Å². The lowest BCUT2D eigenvalue weighted by Crippen LogP contribution is -2.26. The van der Waals surface area contributed by atoms with Crippen molar-refractivity contribution in [3.63, 3.8) is 0 Å². The quantitative estimate of drug-likeness (QED) is 0.744. The van der Waals surface area contributed by atoms with Gasteiger partial charge in [-0.25, -0.2) is 0 Å². The maximum atomic E-state index is 12.8. The molecule has 0 saturated heterocycles. The Hall–Kier alpha value is -3.08. The van der Waals surface area contributed by atoms with Crippen LogP contribution in [-0.4, -0.2) is 24.2 Å². The molecule has 4 rings (SSSR count). The Morgan fingerprint density at radius 2 is 1.93 bits per heavy atom. The number of aromatic nitrogens is 1. The third kappa shape index (κ3) is 3.58. The van der Waals surface area contributed by atoms with Crippen LogP contribution in [0.15, 0.2) is 48.5 Å². The van der Waals surface area contributed by atoms with Gasteiger partial charge in [0, 0.05) is 17.6 Å². The number of ether oxygens (including phenoxy) is 2. The number of fused-ring (bicyclic) bond motifs is 2. The minimum atomic E-state index is -0.0729. The molecule has 0 spiro atoms. The average Bonchev–Trinajstić information content (AvgIpc) is 3.14. The van der Waals surface area contributed by atoms with E-state index in [-0.39, 0.29) is 18.6 Å². The molecular weight excluding hydrogens is 340 g/mol. The Morgan fingerprint density at radius 3 is 2.78 bits per heavy atom. The van der Waals surface area contributed by atoms with E-state index in [4.69, 9.17) is 9.47 Å². The molecule has 0 saturated carbocycles. The van der Waals surface area contributed by atoms with Crippen LogP contribution < -0.4 is 14.8 Å². The molecule has 27 heavy (non-hydrogen) atoms. The van der Waals surface area contributed by atoms with E-state index < -0.39 is 0 Å². The van der Waals surface area contributed by atoms with E-state index in [2.05, 4.69) is 24.1 Å². The lowest BCUT2D eigenvalue weighted by molar-refractivity contribution is 0.0955. The van der Waals surface area contributed by atoms with Crippen molar-refractivity contribution < 1.29 is 14.3 Å². The number of rotatable bonds is 5. The van der Waals surface area contributed by atoms with Gasteiger partial charge >= 0.3 is 0 Å². The molecule has 1 aliphatic heterocycles. The summed E-state index contributed by atoms with van der Waals surface area (Å²) >= 11 is 0. The van der Waals surface area contributed by atoms with Crippen LogP contribution in [0.1, 0.15) is 41.4 Å². The van der Waals surface area contributed by atoms with Crippen molar-refractivity contribution in [1.82, 2.24) is 10.3 Å². The van der Waals surface area contributed by atoms with Crippen molar-refractivity contribution in [3.05, 3.63) is 65.4 Å². The number of hydrogen-bond donors (Lipinski definition) is 1. The van der Waals surface area contributed by atoms with Gasteiger partial charge in [0.15, 0.2) is 11.5 Å². The van der Waals surface area contributed by atoms with Crippen molar-refractivity contribution in [1.29, 1.82) is 0 Å². The molecule has 1 amide bonds. The molecule has 5 nitrogen and oxygen atoms in total. The van der Waals surface area contributed by atoms with E-state index >= 15 is 0 Å². The highest BCUT2D eigenvalue weighted by molar-refractivity contribution is 6.06. The number of nitrogens with zero attached hydrogens (tertiary/aromatic N) is 1. The van der Waals surface area contributed by atoms with Gasteiger partial charge in [0.05, 0.1) is 11.1 Å². The topological polar surface area (TPSA) is 60.5 Å². The van der Waals surface area contributed by atoms with E-state index in [1.54, 1.807) is 0 Å². The zero-order valence-corrected chi connectivity index (χ0v) is 15.5. The van der Waals surface area contributed by atoms with Gasteiger partial charge in [0.1, 0.15) is 0 Å². The molecular formula is C22H22N2O3. The molecule has 5 heteroatoms. The molecule has 3 aromatic rings. The van der Waals surface area contributed by atoms with Crippen LogP contribution in [0.2, 0.25) is 0 Å². The van der Waals surface area contributed by atoms with Crippen LogP contribution in [0, 0.1) is 0 Å². The zero-order chi connectivity index (χ0) is 18.8. The van der Waals surface area contributed by atoms with Gasteiger partial charge in [-0.15, -0.1) is 0 Å². The zero-order valence-electron chi connectivity index (χ0n) is 15.5. The van der Waals surface area contributed by atoms with Gasteiger partial charge in [-0.05, 0) is 42.2 Å². The number of carbonyl (C=O) groups excluding carboxylic acids is 1. The summed E-state index contributed by atoms with van der Waals surface area (Å²) in [6.45, 7) is 4.98. The molecule has 0 bridgehead atoms. The number of amides is 1. The first kappa shape index (κ1) is 17.3. The summed E-state index contributed by atoms with van der Waals surface area (Å²) < 4.78 is 10.7. The predicted molar refractivity (Wildman–Crippen MR) is 104 cm³/mol. The third-order valence-electron chi connectivity index (χ3n) is 4.71. The van der Waals surface area contributed by atoms with E-state index in [1.807, 2.05) is 48.5 Å². The average molecular weight is 362 g/mol. The fourth-order valence-electron chi connectivity index (χ4n) is 3.19. The Bertz CT molecular complexity index is 998. The van der Waals surface area contributed by atoms with Crippen LogP contribution >= 0.6 is 0 Å². The van der Waals surface area contributed by atoms with Crippen molar-refractivity contribution in [2.45, 2.75) is 26.2 Å². The molecule has 1 aliphatic rings. The number of hydrogen-bond acceptors (Lipinski definition) is 4. The maximum Gasteiger partial charge on any atom is 0.252 e. The van der Waals surface area contributed by atoms with Crippen LogP contribution in [-0.2, 0) is 6.42 Å². The second kappa shape index (κ2) is 7.27. The van der Waals surface area contributed by atoms with E-state index in [1.165, 1.54) is 0 Å². The highest BCUT2D eigenvalue weighted by Gasteiger charge is 2.15. The first-order valence-corrected chi connectivity index (χ1v) is 9.18. The molecule has 1 N–H and O–H groups in total. The third-order valence-corrected chi connectivity index (χ3v) is 4.71. The molecule has 0 radical (unpaired) electrons. The number of nitrogens with one attached hydrogen (secondary N) is 1. The van der Waals surface area contributed by atoms with Crippen LogP contribution in [0.4, 0.5) is 0 Å². The van der Waals surface area contributed by atoms with Crippen LogP contribution in [0.5, 0.6) is 11.5 Å². The molecule has 0 fully saturated rings. The summed E-state index contributed by atoms with van der Waals surface area (Å²) in [5.41, 5.74) is 3.55. The van der Waals surface area contributed by atoms with Crippen molar-refractivity contribution in [3.8, 4) is 11.5 Å². The second-order valence-electron chi connectivity index (χ2n) is 6.96. The van der Waals surface area contributed by atoms with E-state index in [9.17, 15) is 4.79 Å². The number of carbonyl (C=O) groups is 1. The standard InChI is InChI=1S/C22H22N2O3/c1-14(2)19-12-17(16-5-3-4-6-18(16)24-19)22(25)23-10-9-15-7-8-20-21(11-15)27-13-26-20/h3-8,11-12,14H,9-10,13H2,1-2H3,(H,23,25). The SMILES string of the molecule is CC(C)c1cc(C(=O)NCCc2ccc3c(c2)OCO3)c2ccccc2n1. The highest BCUT2D eigenvalue weighted by Crippen LogP contribution is 2.32. The Labute approximate surface area is 158 Å². The first-order chi connectivity index (χ1) is 13.1. The molecule has 0 atom stereocenters. The lowest BCUT2D eigenvalue weighted by Gasteiger charge is -2.12. The lowest BCUT2D eigenvalue weighted by atomic mass is 10.0. The monoisotopic (exact) mass is 362 g/mol. The summed E-state index contributed by atoms with van der Waals surface area (Å²) in [7, 11) is 0. The van der Waals surface area contributed by atoms with Gasteiger partial charge in [-0.2, -0.15) is 0 Å². The van der Waals surface area contributed by atoms with Gasteiger partial charge in [-0.1, -0.05) is 38.1 Å². The number of benzene rings is 2. The molecule has 2 heterocycles. The Morgan fingerprint density at radius 1 is 1.11 bits per heavy atom. The minimum absolute atomic E-state index is 0.0729. The highest BCUT2D eigenvalue weighted by atomic mass is 16.7. The Kier molecular flexibility index (Phi) is 4.67. The van der Waals surface area contributed by atoms with Gasteiger partial charge < -0.3 is 14.8 Å². The molecule has 0 aliphatic carbocycles. The van der Waals surface area contributed by atoms with Crippen molar-refractivity contribution in [2.75, 3.05) is 13.3 Å². The smallest absolute Gasteiger partial charge is 0.252 e. The fourth-order valence-corrected chi connectivity index (χ4v) is 3.19. The first-order valence-electron chi connectivity index (χ1n) is 9.18. The van der Waals surface area contributed by atoms with E-state index in [0.29, 0.717) is 12.1 Å². The van der Waals surface area contributed by atoms with Gasteiger partial charge in [0.25, 0.3) is 5.91 Å². The summed E-state index contributed by atoms with van der Waals surface area (Å²) in [4.78, 5) is 17.5. The Balaban J connectivity index is 1.49. The summed E-state index contributed by atoms with van der Waals surface area (Å²) in [5.74, 6) is 1.72. The number of para-hydroxylation sites is 1. The summed E-state index contributed by atoms with van der Waals surface area (Å²) in [6, 6.07) is 15.5. The molecule has 138 valence electrons. The fraction of sp³-hybridized carbons (Fsp3) is 0.273. The summed E-state index contributed by atoms with van der Waals surface area (Å²) in [6.07, 6.45) is 0.725. The maximum absolute atomic E-state index is 12.8. The summed E-state index contributed by atoms with van der Waals surface area (Å²) in [5, 5.41) is 3.91. The van der Waals surface area contributed by atoms with Gasteiger partial charge in [0.2, 0.25) is 6.79 Å². The van der Waals surface area contributed by atoms with Crippen molar-refractivity contribution in [2.24, 2.45) is 0 Å². The predicted octanol–water partition coefficient (Wildman–Crippen LogP) is 4.06. The molecule has 2 aromatic carbocycles. The largest absolute Gasteiger partial charge is 0.454 e. The van der Waals surface area contributed by atoms with Gasteiger partial charge in [-0.3, -0.25) is 9.78 Å². The number of pyridine rings is 1. The minimum Gasteiger partial charge on any atom is -0.454 e. The van der Waals surface area contributed by atoms with Crippen LogP contribution in [0.3, 0.4) is 0 Å². The second-order valence-corrected chi connectivity index (χ2v) is 6.96. The normalized spacial score (nSPS) is 12.6. The van der Waals surface area contributed by atoms with E-state index in [0.717, 1.165) is 40.1 Å². The molecule has 0 unspecified atom stereocenters.